The van der Waals surface area contributed by atoms with Crippen LogP contribution in [0, 0.1) is 0 Å². The number of Topliss-reactive ketones (excluding diaryl/α,β-unsaturated/α-hetero) is 1. The molecule has 0 amide bonds. The Morgan fingerprint density at radius 2 is 1.83 bits per heavy atom. The van der Waals surface area contributed by atoms with E-state index in [0.717, 1.165) is 58.0 Å². The van der Waals surface area contributed by atoms with E-state index in [9.17, 15) is 4.79 Å². The highest BCUT2D eigenvalue weighted by Gasteiger charge is 2.50. The van der Waals surface area contributed by atoms with E-state index >= 15 is 0 Å². The molecule has 0 saturated heterocycles. The number of carbonyl (C=O) groups is 1. The molecule has 1 aliphatic carbocycles. The molecule has 3 aromatic rings. The third-order valence-corrected chi connectivity index (χ3v) is 6.50. The van der Waals surface area contributed by atoms with Crippen LogP contribution in [0.2, 0.25) is 5.02 Å². The highest BCUT2D eigenvalue weighted by atomic mass is 35.5. The summed E-state index contributed by atoms with van der Waals surface area (Å²) in [5, 5.41) is 0.718. The summed E-state index contributed by atoms with van der Waals surface area (Å²) in [4.78, 5) is 13.4. The summed E-state index contributed by atoms with van der Waals surface area (Å²) in [6, 6.07) is 20.2. The zero-order chi connectivity index (χ0) is 20.7. The number of ketones is 1. The van der Waals surface area contributed by atoms with Crippen molar-refractivity contribution in [2.75, 3.05) is 6.79 Å². The fraction of sp³-hybridized carbons (Fsp3) is 0.269. The molecule has 1 aliphatic heterocycles. The van der Waals surface area contributed by atoms with Gasteiger partial charge in [-0.2, -0.15) is 0 Å². The molecule has 1 saturated carbocycles. The minimum Gasteiger partial charge on any atom is -0.454 e. The van der Waals surface area contributed by atoms with Crippen LogP contribution in [0.3, 0.4) is 0 Å². The van der Waals surface area contributed by atoms with Gasteiger partial charge in [0.25, 0.3) is 0 Å². The number of aryl methyl sites for hydroxylation is 1. The predicted molar refractivity (Wildman–Crippen MR) is 118 cm³/mol. The normalized spacial score (nSPS) is 15.8. The van der Waals surface area contributed by atoms with Gasteiger partial charge in [-0.25, -0.2) is 0 Å². The monoisotopic (exact) mass is 418 g/mol. The second kappa shape index (κ2) is 7.48. The molecule has 0 N–H and O–H groups in total. The number of hydrogen-bond acceptors (Lipinski definition) is 3. The Hall–Kier alpha value is -2.78. The van der Waals surface area contributed by atoms with E-state index < -0.39 is 0 Å². The molecule has 1 heterocycles. The Kier molecular flexibility index (Phi) is 4.79. The first-order valence-electron chi connectivity index (χ1n) is 10.4. The van der Waals surface area contributed by atoms with Crippen molar-refractivity contribution in [2.24, 2.45) is 0 Å². The van der Waals surface area contributed by atoms with E-state index in [1.807, 2.05) is 36.4 Å². The summed E-state index contributed by atoms with van der Waals surface area (Å²) < 4.78 is 10.9. The highest BCUT2D eigenvalue weighted by molar-refractivity contribution is 6.30. The van der Waals surface area contributed by atoms with Gasteiger partial charge in [0, 0.05) is 11.4 Å². The molecular weight excluding hydrogens is 396 g/mol. The molecule has 1 fully saturated rings. The van der Waals surface area contributed by atoms with Crippen LogP contribution in [0.5, 0.6) is 11.5 Å². The van der Waals surface area contributed by atoms with Crippen molar-refractivity contribution in [2.45, 2.75) is 38.0 Å². The van der Waals surface area contributed by atoms with Gasteiger partial charge in [0.15, 0.2) is 11.5 Å². The zero-order valence-corrected chi connectivity index (χ0v) is 17.7. The second-order valence-electron chi connectivity index (χ2n) is 8.11. The van der Waals surface area contributed by atoms with E-state index in [0.29, 0.717) is 6.42 Å². The molecule has 0 unspecified atom stereocenters. The Morgan fingerprint density at radius 1 is 1.00 bits per heavy atom. The number of rotatable bonds is 6. The van der Waals surface area contributed by atoms with Crippen LogP contribution in [-0.4, -0.2) is 12.6 Å². The van der Waals surface area contributed by atoms with E-state index in [1.54, 1.807) is 0 Å². The summed E-state index contributed by atoms with van der Waals surface area (Å²) in [5.74, 6) is 1.76. The molecule has 5 rings (SSSR count). The second-order valence-corrected chi connectivity index (χ2v) is 8.54. The summed E-state index contributed by atoms with van der Waals surface area (Å²) in [6.07, 6.45) is 3.13. The molecule has 2 aliphatic rings. The van der Waals surface area contributed by atoms with Crippen LogP contribution in [0.15, 0.2) is 60.7 Å². The maximum absolute atomic E-state index is 13.4. The Balaban J connectivity index is 1.43. The van der Waals surface area contributed by atoms with E-state index in [2.05, 4.69) is 31.2 Å². The van der Waals surface area contributed by atoms with Gasteiger partial charge in [-0.3, -0.25) is 4.79 Å². The molecular formula is C26H23ClO3. The van der Waals surface area contributed by atoms with Crippen molar-refractivity contribution in [3.63, 3.8) is 0 Å². The molecule has 30 heavy (non-hydrogen) atoms. The Labute approximate surface area is 181 Å². The molecule has 0 atom stereocenters. The first-order chi connectivity index (χ1) is 14.6. The summed E-state index contributed by atoms with van der Waals surface area (Å²) in [5.41, 5.74) is 5.19. The van der Waals surface area contributed by atoms with Crippen LogP contribution in [-0.2, 0) is 23.1 Å². The minimum atomic E-state index is -0.388. The number of halogens is 1. The van der Waals surface area contributed by atoms with Crippen LogP contribution < -0.4 is 9.47 Å². The first kappa shape index (κ1) is 19.2. The van der Waals surface area contributed by atoms with Gasteiger partial charge in [-0.05, 0) is 71.3 Å². The fourth-order valence-electron chi connectivity index (χ4n) is 4.37. The van der Waals surface area contributed by atoms with Gasteiger partial charge in [0.05, 0.1) is 5.41 Å². The number of ether oxygens (including phenoxy) is 2. The molecule has 0 radical (unpaired) electrons. The molecule has 4 heteroatoms. The Bertz CT molecular complexity index is 1130. The minimum absolute atomic E-state index is 0.246. The SMILES string of the molecule is CCc1ccc(CC(=O)C2(c3ccc4c(c3)OCO4)CC2)cc1-c1cccc(Cl)c1. The number of fused-ring (bicyclic) bond motifs is 1. The lowest BCUT2D eigenvalue weighted by Crippen LogP contribution is -2.22. The average Bonchev–Trinajstić information content (AvgIpc) is 3.44. The van der Waals surface area contributed by atoms with Crippen molar-refractivity contribution >= 4 is 17.4 Å². The quantitative estimate of drug-likeness (QED) is 0.482. The lowest BCUT2D eigenvalue weighted by atomic mass is 9.86. The third-order valence-electron chi connectivity index (χ3n) is 6.26. The van der Waals surface area contributed by atoms with E-state index in [1.165, 1.54) is 5.56 Å². The zero-order valence-electron chi connectivity index (χ0n) is 16.9. The molecule has 0 aromatic heterocycles. The average molecular weight is 419 g/mol. The van der Waals surface area contributed by atoms with Gasteiger partial charge in [-0.1, -0.05) is 54.9 Å². The summed E-state index contributed by atoms with van der Waals surface area (Å²) >= 11 is 6.22. The topological polar surface area (TPSA) is 35.5 Å². The predicted octanol–water partition coefficient (Wildman–Crippen LogP) is 6.14. The van der Waals surface area contributed by atoms with Crippen LogP contribution in [0.1, 0.15) is 36.5 Å². The fourth-order valence-corrected chi connectivity index (χ4v) is 4.56. The molecule has 3 nitrogen and oxygen atoms in total. The lowest BCUT2D eigenvalue weighted by Gasteiger charge is -2.16. The maximum Gasteiger partial charge on any atom is 0.231 e. The van der Waals surface area contributed by atoms with Gasteiger partial charge in [0.1, 0.15) is 5.78 Å². The molecule has 3 aromatic carbocycles. The highest BCUT2D eigenvalue weighted by Crippen LogP contribution is 2.51. The van der Waals surface area contributed by atoms with E-state index in [4.69, 9.17) is 21.1 Å². The Morgan fingerprint density at radius 3 is 2.60 bits per heavy atom. The third kappa shape index (κ3) is 3.37. The van der Waals surface area contributed by atoms with Crippen molar-refractivity contribution in [3.05, 3.63) is 82.4 Å². The van der Waals surface area contributed by atoms with E-state index in [-0.39, 0.29) is 18.0 Å². The summed E-state index contributed by atoms with van der Waals surface area (Å²) in [6.45, 7) is 2.39. The smallest absolute Gasteiger partial charge is 0.231 e. The lowest BCUT2D eigenvalue weighted by molar-refractivity contribution is -0.120. The van der Waals surface area contributed by atoms with Gasteiger partial charge in [0.2, 0.25) is 6.79 Å². The van der Waals surface area contributed by atoms with Gasteiger partial charge >= 0.3 is 0 Å². The summed E-state index contributed by atoms with van der Waals surface area (Å²) in [7, 11) is 0. The van der Waals surface area contributed by atoms with Crippen molar-refractivity contribution in [1.82, 2.24) is 0 Å². The van der Waals surface area contributed by atoms with Crippen LogP contribution in [0.4, 0.5) is 0 Å². The van der Waals surface area contributed by atoms with Crippen LogP contribution in [0.25, 0.3) is 11.1 Å². The maximum atomic E-state index is 13.4. The van der Waals surface area contributed by atoms with Gasteiger partial charge < -0.3 is 9.47 Å². The van der Waals surface area contributed by atoms with Crippen molar-refractivity contribution in [1.29, 1.82) is 0 Å². The molecule has 0 bridgehead atoms. The molecule has 0 spiro atoms. The number of carbonyl (C=O) groups excluding carboxylic acids is 1. The number of benzene rings is 3. The van der Waals surface area contributed by atoms with Crippen molar-refractivity contribution < 1.29 is 14.3 Å². The standard InChI is InChI=1S/C26H23ClO3/c1-2-18-7-6-17(12-22(18)19-4-3-5-21(27)14-19)13-25(28)26(10-11-26)20-8-9-23-24(15-20)30-16-29-23/h3-9,12,14-15H,2,10-11,13,16H2,1H3. The first-order valence-corrected chi connectivity index (χ1v) is 10.8. The van der Waals surface area contributed by atoms with Crippen molar-refractivity contribution in [3.8, 4) is 22.6 Å². The molecule has 152 valence electrons. The number of hydrogen-bond donors (Lipinski definition) is 0. The largest absolute Gasteiger partial charge is 0.454 e. The van der Waals surface area contributed by atoms with Gasteiger partial charge in [-0.15, -0.1) is 0 Å². The van der Waals surface area contributed by atoms with Crippen LogP contribution >= 0.6 is 11.6 Å².